The first-order valence-electron chi connectivity index (χ1n) is 9.11. The van der Waals surface area contributed by atoms with Crippen LogP contribution in [0.4, 0.5) is 0 Å². The van der Waals surface area contributed by atoms with Gasteiger partial charge in [-0.15, -0.1) is 0 Å². The van der Waals surface area contributed by atoms with Crippen molar-refractivity contribution in [2.24, 2.45) is 11.0 Å². The number of amides is 1. The van der Waals surface area contributed by atoms with Crippen molar-refractivity contribution in [2.45, 2.75) is 25.8 Å². The van der Waals surface area contributed by atoms with E-state index in [2.05, 4.69) is 6.07 Å². The predicted octanol–water partition coefficient (Wildman–Crippen LogP) is 3.29. The first-order chi connectivity index (χ1) is 13.2. The number of hydrogen-bond donors (Lipinski definition) is 0. The Morgan fingerprint density at radius 1 is 1.19 bits per heavy atom. The maximum absolute atomic E-state index is 12.4. The summed E-state index contributed by atoms with van der Waals surface area (Å²) in [5.41, 5.74) is 4.32. The first kappa shape index (κ1) is 16.2. The van der Waals surface area contributed by atoms with Gasteiger partial charge in [-0.3, -0.25) is 4.79 Å². The Balaban J connectivity index is 1.59. The second-order valence-corrected chi connectivity index (χ2v) is 7.07. The molecule has 2 aromatic carbocycles. The summed E-state index contributed by atoms with van der Waals surface area (Å²) < 4.78 is 16.4. The quantitative estimate of drug-likeness (QED) is 0.820. The summed E-state index contributed by atoms with van der Waals surface area (Å²) in [7, 11) is 1.66. The maximum Gasteiger partial charge on any atom is 0.240 e. The highest BCUT2D eigenvalue weighted by Crippen LogP contribution is 2.46. The fourth-order valence-electron chi connectivity index (χ4n) is 4.31. The van der Waals surface area contributed by atoms with Crippen LogP contribution >= 0.6 is 0 Å². The highest BCUT2D eigenvalue weighted by Gasteiger charge is 2.43. The molecule has 3 aliphatic rings. The molecule has 0 saturated heterocycles. The molecule has 2 heterocycles. The van der Waals surface area contributed by atoms with E-state index in [9.17, 15) is 4.79 Å². The molecule has 1 amide bonds. The van der Waals surface area contributed by atoms with Crippen molar-refractivity contribution in [1.29, 1.82) is 0 Å². The van der Waals surface area contributed by atoms with Gasteiger partial charge in [-0.2, -0.15) is 5.10 Å². The number of aryl methyl sites for hydroxylation is 1. The molecule has 2 atom stereocenters. The average Bonchev–Trinajstić information content (AvgIpc) is 3.31. The topological polar surface area (TPSA) is 60.4 Å². The highest BCUT2D eigenvalue weighted by molar-refractivity contribution is 6.07. The second kappa shape index (κ2) is 6.01. The van der Waals surface area contributed by atoms with Crippen molar-refractivity contribution in [3.63, 3.8) is 0 Å². The maximum atomic E-state index is 12.4. The van der Waals surface area contributed by atoms with Crippen molar-refractivity contribution < 1.29 is 19.0 Å². The Morgan fingerprint density at radius 2 is 2.04 bits per heavy atom. The smallest absolute Gasteiger partial charge is 0.240 e. The molecular formula is C21H20N2O4. The number of rotatable bonds is 2. The van der Waals surface area contributed by atoms with Crippen LogP contribution in [0, 0.1) is 5.92 Å². The van der Waals surface area contributed by atoms with E-state index in [1.54, 1.807) is 19.0 Å². The highest BCUT2D eigenvalue weighted by atomic mass is 16.7. The lowest BCUT2D eigenvalue weighted by molar-refractivity contribution is -0.131. The third-order valence-corrected chi connectivity index (χ3v) is 5.59. The summed E-state index contributed by atoms with van der Waals surface area (Å²) in [4.78, 5) is 12.4. The van der Waals surface area contributed by atoms with Gasteiger partial charge in [-0.05, 0) is 48.2 Å². The van der Waals surface area contributed by atoms with E-state index in [0.29, 0.717) is 0 Å². The van der Waals surface area contributed by atoms with Gasteiger partial charge in [-0.25, -0.2) is 5.01 Å². The first-order valence-corrected chi connectivity index (χ1v) is 9.11. The van der Waals surface area contributed by atoms with Crippen molar-refractivity contribution >= 4 is 11.6 Å². The van der Waals surface area contributed by atoms with E-state index in [-0.39, 0.29) is 24.7 Å². The minimum atomic E-state index is -0.133. The van der Waals surface area contributed by atoms with Gasteiger partial charge in [-0.1, -0.05) is 12.1 Å². The van der Waals surface area contributed by atoms with E-state index in [1.807, 2.05) is 30.3 Å². The van der Waals surface area contributed by atoms with Crippen LogP contribution in [0.2, 0.25) is 0 Å². The molecule has 0 saturated carbocycles. The Labute approximate surface area is 157 Å². The molecule has 0 bridgehead atoms. The zero-order chi connectivity index (χ0) is 18.5. The minimum Gasteiger partial charge on any atom is -0.497 e. The van der Waals surface area contributed by atoms with Crippen molar-refractivity contribution in [2.75, 3.05) is 13.9 Å². The standard InChI is InChI=1S/C21H20N2O4/c1-12(24)23-21(14-5-8-18-19(9-14)27-11-26-18)16-7-4-13-3-6-15(25-2)10-17(13)20(16)22-23/h3,5-6,8-10,16,21H,4,7,11H2,1-2H3/t16-,21+/m1/s1. The molecule has 0 aromatic heterocycles. The number of nitrogens with zero attached hydrogens (tertiary/aromatic N) is 2. The Morgan fingerprint density at radius 3 is 2.85 bits per heavy atom. The normalized spacial score (nSPS) is 22.1. The van der Waals surface area contributed by atoms with E-state index in [4.69, 9.17) is 19.3 Å². The number of hydrogen-bond acceptors (Lipinski definition) is 5. The van der Waals surface area contributed by atoms with E-state index < -0.39 is 0 Å². The number of ether oxygens (including phenoxy) is 3. The summed E-state index contributed by atoms with van der Waals surface area (Å²) in [6, 6.07) is 11.9. The molecule has 0 N–H and O–H groups in total. The van der Waals surface area contributed by atoms with Crippen molar-refractivity contribution in [1.82, 2.24) is 5.01 Å². The Kier molecular flexibility index (Phi) is 3.60. The Bertz CT molecular complexity index is 969. The summed E-state index contributed by atoms with van der Waals surface area (Å²) >= 11 is 0. The van der Waals surface area contributed by atoms with Crippen LogP contribution < -0.4 is 14.2 Å². The van der Waals surface area contributed by atoms with Crippen LogP contribution in [0.15, 0.2) is 41.5 Å². The molecule has 0 radical (unpaired) electrons. The number of benzene rings is 2. The van der Waals surface area contributed by atoms with E-state index in [0.717, 1.165) is 46.9 Å². The van der Waals surface area contributed by atoms with Gasteiger partial charge in [0.15, 0.2) is 11.5 Å². The van der Waals surface area contributed by atoms with Crippen LogP contribution in [0.1, 0.15) is 36.1 Å². The van der Waals surface area contributed by atoms with Gasteiger partial charge in [0.1, 0.15) is 5.75 Å². The second-order valence-electron chi connectivity index (χ2n) is 7.07. The van der Waals surface area contributed by atoms with Crippen LogP contribution in [0.3, 0.4) is 0 Å². The SMILES string of the molecule is COc1ccc2c(c1)C1=NN(C(C)=O)[C@@H](c3ccc4c(c3)OCO4)[C@@H]1CC2. The molecule has 6 heteroatoms. The summed E-state index contributed by atoms with van der Waals surface area (Å²) in [5, 5.41) is 6.37. The third-order valence-electron chi connectivity index (χ3n) is 5.59. The number of hydrazone groups is 1. The third kappa shape index (κ3) is 2.47. The fraction of sp³-hybridized carbons (Fsp3) is 0.333. The fourth-order valence-corrected chi connectivity index (χ4v) is 4.31. The summed E-state index contributed by atoms with van der Waals surface area (Å²) in [6.45, 7) is 1.80. The van der Waals surface area contributed by atoms with Gasteiger partial charge in [0.05, 0.1) is 18.9 Å². The average molecular weight is 364 g/mol. The molecule has 2 aliphatic heterocycles. The van der Waals surface area contributed by atoms with Crippen LogP contribution in [0.5, 0.6) is 17.2 Å². The minimum absolute atomic E-state index is 0.0657. The molecule has 0 unspecified atom stereocenters. The number of fused-ring (bicyclic) bond motifs is 4. The monoisotopic (exact) mass is 364 g/mol. The van der Waals surface area contributed by atoms with Crippen LogP contribution in [-0.4, -0.2) is 30.5 Å². The molecule has 5 rings (SSSR count). The van der Waals surface area contributed by atoms with Gasteiger partial charge in [0, 0.05) is 18.4 Å². The van der Waals surface area contributed by atoms with Gasteiger partial charge in [0.2, 0.25) is 12.7 Å². The molecule has 6 nitrogen and oxygen atoms in total. The molecule has 138 valence electrons. The van der Waals surface area contributed by atoms with Crippen LogP contribution in [0.25, 0.3) is 0 Å². The molecule has 0 spiro atoms. The van der Waals surface area contributed by atoms with Gasteiger partial charge < -0.3 is 14.2 Å². The molecule has 0 fully saturated rings. The summed E-state index contributed by atoms with van der Waals surface area (Å²) in [5.74, 6) is 2.35. The number of carbonyl (C=O) groups is 1. The zero-order valence-corrected chi connectivity index (χ0v) is 15.3. The van der Waals surface area contributed by atoms with Gasteiger partial charge in [0.25, 0.3) is 0 Å². The van der Waals surface area contributed by atoms with Gasteiger partial charge >= 0.3 is 0 Å². The number of carbonyl (C=O) groups excluding carboxylic acids is 1. The predicted molar refractivity (Wildman–Crippen MR) is 99.2 cm³/mol. The zero-order valence-electron chi connectivity index (χ0n) is 15.3. The molecule has 2 aromatic rings. The van der Waals surface area contributed by atoms with Crippen molar-refractivity contribution in [3.8, 4) is 17.2 Å². The lowest BCUT2D eigenvalue weighted by Gasteiger charge is -2.29. The number of methoxy groups -OCH3 is 1. The lowest BCUT2D eigenvalue weighted by Crippen LogP contribution is -2.31. The largest absolute Gasteiger partial charge is 0.497 e. The molecule has 27 heavy (non-hydrogen) atoms. The van der Waals surface area contributed by atoms with Crippen molar-refractivity contribution in [3.05, 3.63) is 53.1 Å². The lowest BCUT2D eigenvalue weighted by atomic mass is 9.77. The van der Waals surface area contributed by atoms with Crippen LogP contribution in [-0.2, 0) is 11.2 Å². The molecular weight excluding hydrogens is 344 g/mol. The van der Waals surface area contributed by atoms with E-state index in [1.165, 1.54) is 5.56 Å². The summed E-state index contributed by atoms with van der Waals surface area (Å²) in [6.07, 6.45) is 1.90. The Hall–Kier alpha value is -3.02. The van der Waals surface area contributed by atoms with E-state index >= 15 is 0 Å². The molecule has 1 aliphatic carbocycles.